The van der Waals surface area contributed by atoms with Crippen LogP contribution in [0.3, 0.4) is 0 Å². The lowest BCUT2D eigenvalue weighted by molar-refractivity contribution is -0.118. The number of carbonyl (C=O) groups excluding carboxylic acids is 2. The molecule has 1 N–H and O–H groups in total. The number of rotatable bonds is 6. The minimum atomic E-state index is -3.64. The molecule has 0 unspecified atom stereocenters. The second-order valence-corrected chi connectivity index (χ2v) is 6.65. The Balaban J connectivity index is 3.05. The third-order valence-corrected chi connectivity index (χ3v) is 4.13. The van der Waals surface area contributed by atoms with E-state index in [1.807, 2.05) is 0 Å². The van der Waals surface area contributed by atoms with Crippen LogP contribution < -0.4 is 4.72 Å². The summed E-state index contributed by atoms with van der Waals surface area (Å²) in [4.78, 5) is 28.7. The second kappa shape index (κ2) is 6.77. The van der Waals surface area contributed by atoms with Gasteiger partial charge in [0.2, 0.25) is 0 Å². The highest BCUT2D eigenvalue weighted by Crippen LogP contribution is 2.11. The molecule has 0 saturated carbocycles. The van der Waals surface area contributed by atoms with Crippen LogP contribution in [0.4, 0.5) is 0 Å². The molecule has 0 atom stereocenters. The molecule has 7 nitrogen and oxygen atoms in total. The molecule has 116 valence electrons. The van der Waals surface area contributed by atoms with E-state index in [0.717, 1.165) is 0 Å². The van der Waals surface area contributed by atoms with E-state index < -0.39 is 10.0 Å². The van der Waals surface area contributed by atoms with Crippen molar-refractivity contribution >= 4 is 21.7 Å². The molecule has 1 amide bonds. The maximum atomic E-state index is 12.3. The molecule has 8 heteroatoms. The standard InChI is InChI=1S/C13H19N3O4S/c1-9(2)16(8-10(3)17)13(18)11-5-6-12(15-7-11)21(19,20)14-4/h5-7,9,14H,8H2,1-4H3. The number of nitrogens with one attached hydrogen (secondary N) is 1. The van der Waals surface area contributed by atoms with Crippen molar-refractivity contribution in [2.75, 3.05) is 13.6 Å². The van der Waals surface area contributed by atoms with Gasteiger partial charge in [-0.1, -0.05) is 0 Å². The van der Waals surface area contributed by atoms with E-state index in [-0.39, 0.29) is 34.9 Å². The number of sulfonamides is 1. The zero-order valence-electron chi connectivity index (χ0n) is 12.5. The maximum Gasteiger partial charge on any atom is 0.257 e. The van der Waals surface area contributed by atoms with Gasteiger partial charge < -0.3 is 4.90 Å². The van der Waals surface area contributed by atoms with Crippen molar-refractivity contribution in [1.29, 1.82) is 0 Å². The van der Waals surface area contributed by atoms with Crippen molar-refractivity contribution in [3.05, 3.63) is 23.9 Å². The summed E-state index contributed by atoms with van der Waals surface area (Å²) < 4.78 is 25.3. The fourth-order valence-corrected chi connectivity index (χ4v) is 2.31. The molecular formula is C13H19N3O4S. The van der Waals surface area contributed by atoms with Crippen molar-refractivity contribution in [1.82, 2.24) is 14.6 Å². The molecule has 1 aromatic rings. The predicted molar refractivity (Wildman–Crippen MR) is 77.3 cm³/mol. The minimum absolute atomic E-state index is 0.00701. The molecule has 0 radical (unpaired) electrons. The lowest BCUT2D eigenvalue weighted by atomic mass is 10.2. The third kappa shape index (κ3) is 4.33. The van der Waals surface area contributed by atoms with Crippen molar-refractivity contribution in [2.45, 2.75) is 31.8 Å². The quantitative estimate of drug-likeness (QED) is 0.821. The molecule has 21 heavy (non-hydrogen) atoms. The summed E-state index contributed by atoms with van der Waals surface area (Å²) in [5, 5.41) is -0.163. The summed E-state index contributed by atoms with van der Waals surface area (Å²) in [6.45, 7) is 5.01. The van der Waals surface area contributed by atoms with Gasteiger partial charge in [-0.2, -0.15) is 0 Å². The minimum Gasteiger partial charge on any atom is -0.329 e. The van der Waals surface area contributed by atoms with Crippen LogP contribution in [-0.4, -0.2) is 49.6 Å². The number of Topliss-reactive ketones (excluding diaryl/α,β-unsaturated/α-hetero) is 1. The average molecular weight is 313 g/mol. The number of ketones is 1. The van der Waals surface area contributed by atoms with E-state index in [1.54, 1.807) is 13.8 Å². The summed E-state index contributed by atoms with van der Waals surface area (Å²) in [7, 11) is -2.36. The molecule has 0 saturated heterocycles. The van der Waals surface area contributed by atoms with E-state index in [4.69, 9.17) is 0 Å². The maximum absolute atomic E-state index is 12.3. The van der Waals surface area contributed by atoms with Gasteiger partial charge in [0.1, 0.15) is 5.78 Å². The molecule has 0 aliphatic rings. The van der Waals surface area contributed by atoms with Crippen LogP contribution in [0.25, 0.3) is 0 Å². The van der Waals surface area contributed by atoms with Gasteiger partial charge >= 0.3 is 0 Å². The van der Waals surface area contributed by atoms with Crippen molar-refractivity contribution in [3.63, 3.8) is 0 Å². The van der Waals surface area contributed by atoms with Crippen LogP contribution >= 0.6 is 0 Å². The normalized spacial score (nSPS) is 11.5. The van der Waals surface area contributed by atoms with Crippen LogP contribution in [0.15, 0.2) is 23.4 Å². The number of aromatic nitrogens is 1. The van der Waals surface area contributed by atoms with Crippen molar-refractivity contribution < 1.29 is 18.0 Å². The highest BCUT2D eigenvalue weighted by Gasteiger charge is 2.21. The number of hydrogen-bond donors (Lipinski definition) is 1. The van der Waals surface area contributed by atoms with Crippen molar-refractivity contribution in [2.24, 2.45) is 0 Å². The summed E-state index contributed by atoms with van der Waals surface area (Å²) >= 11 is 0. The van der Waals surface area contributed by atoms with Gasteiger partial charge in [-0.05, 0) is 40.0 Å². The molecule has 0 spiro atoms. The van der Waals surface area contributed by atoms with Crippen LogP contribution in [0, 0.1) is 0 Å². The molecule has 0 aliphatic carbocycles. The Kier molecular flexibility index (Phi) is 5.56. The zero-order valence-corrected chi connectivity index (χ0v) is 13.3. The summed E-state index contributed by atoms with van der Waals surface area (Å²) in [5.41, 5.74) is 0.236. The smallest absolute Gasteiger partial charge is 0.257 e. The lowest BCUT2D eigenvalue weighted by Gasteiger charge is -2.25. The molecule has 0 aliphatic heterocycles. The third-order valence-electron chi connectivity index (χ3n) is 2.80. The van der Waals surface area contributed by atoms with Gasteiger partial charge in [0.15, 0.2) is 5.03 Å². The van der Waals surface area contributed by atoms with Gasteiger partial charge in [-0.15, -0.1) is 0 Å². The van der Waals surface area contributed by atoms with Crippen LogP contribution in [-0.2, 0) is 14.8 Å². The van der Waals surface area contributed by atoms with Crippen LogP contribution in [0.5, 0.6) is 0 Å². The first-order chi connectivity index (χ1) is 9.69. The molecule has 0 fully saturated rings. The van der Waals surface area contributed by atoms with E-state index >= 15 is 0 Å². The Hall–Kier alpha value is -1.80. The van der Waals surface area contributed by atoms with E-state index in [9.17, 15) is 18.0 Å². The lowest BCUT2D eigenvalue weighted by Crippen LogP contribution is -2.40. The largest absolute Gasteiger partial charge is 0.329 e. The topological polar surface area (TPSA) is 96.4 Å². The SMILES string of the molecule is CNS(=O)(=O)c1ccc(C(=O)N(CC(C)=O)C(C)C)cn1. The van der Waals surface area contributed by atoms with Crippen LogP contribution in [0.1, 0.15) is 31.1 Å². The first-order valence-electron chi connectivity index (χ1n) is 6.39. The van der Waals surface area contributed by atoms with E-state index in [0.29, 0.717) is 0 Å². The Labute approximate surface area is 124 Å². The molecule has 0 bridgehead atoms. The van der Waals surface area contributed by atoms with Gasteiger partial charge in [0.05, 0.1) is 12.1 Å². The van der Waals surface area contributed by atoms with E-state index in [2.05, 4.69) is 9.71 Å². The molecule has 1 rings (SSSR count). The number of amides is 1. The number of pyridine rings is 1. The summed E-state index contributed by atoms with van der Waals surface area (Å²) in [5.74, 6) is -0.486. The predicted octanol–water partition coefficient (Wildman–Crippen LogP) is 0.429. The number of carbonyl (C=O) groups is 2. The van der Waals surface area contributed by atoms with Crippen LogP contribution in [0.2, 0.25) is 0 Å². The molecule has 0 aromatic carbocycles. The molecule has 1 heterocycles. The van der Waals surface area contributed by atoms with E-state index in [1.165, 1.54) is 37.2 Å². The Bertz CT molecular complexity index is 623. The molecular weight excluding hydrogens is 294 g/mol. The monoisotopic (exact) mass is 313 g/mol. The zero-order chi connectivity index (χ0) is 16.2. The molecule has 1 aromatic heterocycles. The fraction of sp³-hybridized carbons (Fsp3) is 0.462. The summed E-state index contributed by atoms with van der Waals surface area (Å²) in [6.07, 6.45) is 1.20. The Morgan fingerprint density at radius 3 is 2.33 bits per heavy atom. The number of nitrogens with zero attached hydrogens (tertiary/aromatic N) is 2. The van der Waals surface area contributed by atoms with Gasteiger partial charge in [0.25, 0.3) is 15.9 Å². The first kappa shape index (κ1) is 17.3. The number of hydrogen-bond acceptors (Lipinski definition) is 5. The highest BCUT2D eigenvalue weighted by atomic mass is 32.2. The Morgan fingerprint density at radius 1 is 1.33 bits per heavy atom. The fourth-order valence-electron chi connectivity index (χ4n) is 1.66. The Morgan fingerprint density at radius 2 is 1.95 bits per heavy atom. The highest BCUT2D eigenvalue weighted by molar-refractivity contribution is 7.89. The second-order valence-electron chi connectivity index (χ2n) is 4.82. The van der Waals surface area contributed by atoms with Gasteiger partial charge in [0, 0.05) is 12.2 Å². The van der Waals surface area contributed by atoms with Gasteiger partial charge in [-0.3, -0.25) is 9.59 Å². The summed E-state index contributed by atoms with van der Waals surface area (Å²) in [6, 6.07) is 2.49. The first-order valence-corrected chi connectivity index (χ1v) is 7.87. The average Bonchev–Trinajstić information content (AvgIpc) is 2.43. The van der Waals surface area contributed by atoms with Crippen molar-refractivity contribution in [3.8, 4) is 0 Å². The van der Waals surface area contributed by atoms with Gasteiger partial charge in [-0.25, -0.2) is 18.1 Å².